The van der Waals surface area contributed by atoms with Crippen LogP contribution in [-0.2, 0) is 16.1 Å². The molecule has 7 nitrogen and oxygen atoms in total. The highest BCUT2D eigenvalue weighted by molar-refractivity contribution is 5.78. The number of benzene rings is 2. The van der Waals surface area contributed by atoms with Gasteiger partial charge in [-0.05, 0) is 28.6 Å². The molecule has 1 aliphatic heterocycles. The third-order valence-electron chi connectivity index (χ3n) is 4.23. The maximum Gasteiger partial charge on any atom is 0.348 e. The lowest BCUT2D eigenvalue weighted by Gasteiger charge is -2.14. The SMILES string of the molecule is C[C@@H]1c2ccccc2O[C@H]1C(=O)OCc1nnnn1-c1ccccc1. The molecule has 1 aliphatic rings. The summed E-state index contributed by atoms with van der Waals surface area (Å²) < 4.78 is 12.7. The number of para-hydroxylation sites is 2. The number of esters is 1. The molecule has 0 saturated heterocycles. The van der Waals surface area contributed by atoms with Crippen LogP contribution in [0.2, 0.25) is 0 Å². The van der Waals surface area contributed by atoms with Gasteiger partial charge in [-0.3, -0.25) is 0 Å². The van der Waals surface area contributed by atoms with Crippen molar-refractivity contribution in [1.82, 2.24) is 20.2 Å². The van der Waals surface area contributed by atoms with Crippen LogP contribution in [0.5, 0.6) is 5.75 Å². The molecular weight excluding hydrogens is 320 g/mol. The molecule has 0 unspecified atom stereocenters. The van der Waals surface area contributed by atoms with Crippen molar-refractivity contribution in [3.8, 4) is 11.4 Å². The highest BCUT2D eigenvalue weighted by Crippen LogP contribution is 2.38. The zero-order valence-electron chi connectivity index (χ0n) is 13.6. The molecule has 0 radical (unpaired) electrons. The Balaban J connectivity index is 1.45. The van der Waals surface area contributed by atoms with Crippen LogP contribution in [0.25, 0.3) is 5.69 Å². The third kappa shape index (κ3) is 2.84. The van der Waals surface area contributed by atoms with Gasteiger partial charge in [-0.1, -0.05) is 43.3 Å². The Kier molecular flexibility index (Phi) is 3.89. The molecule has 3 aromatic rings. The lowest BCUT2D eigenvalue weighted by Crippen LogP contribution is -2.30. The van der Waals surface area contributed by atoms with Crippen LogP contribution in [0.3, 0.4) is 0 Å². The predicted octanol–water partition coefficient (Wildman–Crippen LogP) is 2.27. The van der Waals surface area contributed by atoms with Crippen molar-refractivity contribution in [3.63, 3.8) is 0 Å². The van der Waals surface area contributed by atoms with Gasteiger partial charge in [0.25, 0.3) is 0 Å². The van der Waals surface area contributed by atoms with E-state index in [0.29, 0.717) is 5.82 Å². The fraction of sp³-hybridized carbons (Fsp3) is 0.222. The zero-order chi connectivity index (χ0) is 17.2. The molecule has 0 fully saturated rings. The van der Waals surface area contributed by atoms with E-state index < -0.39 is 12.1 Å². The van der Waals surface area contributed by atoms with Gasteiger partial charge >= 0.3 is 5.97 Å². The standard InChI is InChI=1S/C18H16N4O3/c1-12-14-9-5-6-10-15(14)25-17(12)18(23)24-11-16-19-20-21-22(16)13-7-3-2-4-8-13/h2-10,12,17H,11H2,1H3/t12-,17-/m1/s1. The quantitative estimate of drug-likeness (QED) is 0.680. The average Bonchev–Trinajstić information content (AvgIpc) is 3.25. The Morgan fingerprint density at radius 3 is 2.72 bits per heavy atom. The summed E-state index contributed by atoms with van der Waals surface area (Å²) in [7, 11) is 0. The van der Waals surface area contributed by atoms with Crippen LogP contribution in [0.1, 0.15) is 24.2 Å². The number of carbonyl (C=O) groups excluding carboxylic acids is 1. The van der Waals surface area contributed by atoms with Crippen LogP contribution in [-0.4, -0.2) is 32.3 Å². The summed E-state index contributed by atoms with van der Waals surface area (Å²) in [6.45, 7) is 1.93. The second kappa shape index (κ2) is 6.35. The first-order valence-electron chi connectivity index (χ1n) is 7.99. The molecule has 0 N–H and O–H groups in total. The van der Waals surface area contributed by atoms with Crippen molar-refractivity contribution >= 4 is 5.97 Å². The van der Waals surface area contributed by atoms with Gasteiger partial charge in [0, 0.05) is 11.5 Å². The van der Waals surface area contributed by atoms with Crippen LogP contribution >= 0.6 is 0 Å². The molecule has 0 spiro atoms. The van der Waals surface area contributed by atoms with Gasteiger partial charge in [-0.25, -0.2) is 4.79 Å². The van der Waals surface area contributed by atoms with Crippen LogP contribution in [0.4, 0.5) is 0 Å². The molecule has 2 heterocycles. The topological polar surface area (TPSA) is 79.1 Å². The maximum absolute atomic E-state index is 12.4. The number of hydrogen-bond donors (Lipinski definition) is 0. The minimum atomic E-state index is -0.654. The molecule has 2 atom stereocenters. The number of ether oxygens (including phenoxy) is 2. The van der Waals surface area contributed by atoms with Gasteiger partial charge < -0.3 is 9.47 Å². The molecule has 2 aromatic carbocycles. The van der Waals surface area contributed by atoms with Crippen molar-refractivity contribution in [1.29, 1.82) is 0 Å². The van der Waals surface area contributed by atoms with Gasteiger partial charge in [-0.2, -0.15) is 4.68 Å². The Labute approximate surface area is 144 Å². The van der Waals surface area contributed by atoms with Crippen molar-refractivity contribution < 1.29 is 14.3 Å². The maximum atomic E-state index is 12.4. The number of carbonyl (C=O) groups is 1. The summed E-state index contributed by atoms with van der Waals surface area (Å²) in [6, 6.07) is 17.1. The number of hydrogen-bond acceptors (Lipinski definition) is 6. The number of fused-ring (bicyclic) bond motifs is 1. The Bertz CT molecular complexity index is 894. The summed E-state index contributed by atoms with van der Waals surface area (Å²) in [6.07, 6.45) is -0.654. The normalized spacial score (nSPS) is 18.4. The molecule has 0 aliphatic carbocycles. The van der Waals surface area contributed by atoms with E-state index in [9.17, 15) is 4.79 Å². The van der Waals surface area contributed by atoms with Crippen molar-refractivity contribution in [2.24, 2.45) is 0 Å². The summed E-state index contributed by atoms with van der Waals surface area (Å²) in [5.41, 5.74) is 1.81. The number of rotatable bonds is 4. The van der Waals surface area contributed by atoms with Crippen LogP contribution in [0, 0.1) is 0 Å². The van der Waals surface area contributed by atoms with Gasteiger partial charge in [0.1, 0.15) is 5.75 Å². The van der Waals surface area contributed by atoms with Crippen molar-refractivity contribution in [3.05, 3.63) is 66.0 Å². The minimum Gasteiger partial charge on any atom is -0.478 e. The van der Waals surface area contributed by atoms with E-state index in [2.05, 4.69) is 15.5 Å². The summed E-state index contributed by atoms with van der Waals surface area (Å²) in [4.78, 5) is 12.4. The lowest BCUT2D eigenvalue weighted by atomic mass is 9.98. The van der Waals surface area contributed by atoms with E-state index in [4.69, 9.17) is 9.47 Å². The Morgan fingerprint density at radius 2 is 1.92 bits per heavy atom. The first-order chi connectivity index (χ1) is 12.2. The summed E-state index contributed by atoms with van der Waals surface area (Å²) >= 11 is 0. The molecule has 0 saturated carbocycles. The molecule has 25 heavy (non-hydrogen) atoms. The van der Waals surface area contributed by atoms with Gasteiger partial charge in [0.15, 0.2) is 12.4 Å². The van der Waals surface area contributed by atoms with Gasteiger partial charge in [0.2, 0.25) is 6.10 Å². The highest BCUT2D eigenvalue weighted by atomic mass is 16.6. The smallest absolute Gasteiger partial charge is 0.348 e. The number of aromatic nitrogens is 4. The largest absolute Gasteiger partial charge is 0.478 e. The van der Waals surface area contributed by atoms with Crippen molar-refractivity contribution in [2.75, 3.05) is 0 Å². The van der Waals surface area contributed by atoms with E-state index in [-0.39, 0.29) is 12.5 Å². The van der Waals surface area contributed by atoms with E-state index in [0.717, 1.165) is 17.0 Å². The van der Waals surface area contributed by atoms with Gasteiger partial charge in [-0.15, -0.1) is 5.10 Å². The lowest BCUT2D eigenvalue weighted by molar-refractivity contribution is -0.153. The molecule has 0 amide bonds. The van der Waals surface area contributed by atoms with Crippen LogP contribution in [0.15, 0.2) is 54.6 Å². The summed E-state index contributed by atoms with van der Waals surface area (Å²) in [5, 5.41) is 11.5. The predicted molar refractivity (Wildman–Crippen MR) is 88.2 cm³/mol. The van der Waals surface area contributed by atoms with E-state index in [1.54, 1.807) is 4.68 Å². The minimum absolute atomic E-state index is 0.0242. The van der Waals surface area contributed by atoms with Crippen LogP contribution < -0.4 is 4.74 Å². The third-order valence-corrected chi connectivity index (χ3v) is 4.23. The van der Waals surface area contributed by atoms with Crippen molar-refractivity contribution in [2.45, 2.75) is 25.6 Å². The second-order valence-electron chi connectivity index (χ2n) is 5.82. The molecule has 0 bridgehead atoms. The molecule has 126 valence electrons. The fourth-order valence-corrected chi connectivity index (χ4v) is 2.90. The number of tetrazole rings is 1. The second-order valence-corrected chi connectivity index (χ2v) is 5.82. The van der Waals surface area contributed by atoms with Gasteiger partial charge in [0.05, 0.1) is 5.69 Å². The first kappa shape index (κ1) is 15.3. The number of nitrogens with zero attached hydrogens (tertiary/aromatic N) is 4. The van der Waals surface area contributed by atoms with E-state index >= 15 is 0 Å². The molecule has 4 rings (SSSR count). The fourth-order valence-electron chi connectivity index (χ4n) is 2.90. The average molecular weight is 336 g/mol. The first-order valence-corrected chi connectivity index (χ1v) is 7.99. The zero-order valence-corrected chi connectivity index (χ0v) is 13.6. The summed E-state index contributed by atoms with van der Waals surface area (Å²) in [5.74, 6) is 0.689. The molecular formula is C18H16N4O3. The van der Waals surface area contributed by atoms with E-state index in [1.807, 2.05) is 61.5 Å². The van der Waals surface area contributed by atoms with E-state index in [1.165, 1.54) is 0 Å². The monoisotopic (exact) mass is 336 g/mol. The highest BCUT2D eigenvalue weighted by Gasteiger charge is 2.37. The Hall–Kier alpha value is -3.22. The molecule has 1 aromatic heterocycles. The Morgan fingerprint density at radius 1 is 1.16 bits per heavy atom. The molecule has 7 heteroatoms.